The first-order chi connectivity index (χ1) is 12.2. The van der Waals surface area contributed by atoms with Crippen LogP contribution in [-0.4, -0.2) is 30.9 Å². The highest BCUT2D eigenvalue weighted by molar-refractivity contribution is 6.32. The van der Waals surface area contributed by atoms with Crippen molar-refractivity contribution in [2.75, 3.05) is 20.1 Å². The zero-order valence-electron chi connectivity index (χ0n) is 14.4. The van der Waals surface area contributed by atoms with Crippen molar-refractivity contribution in [1.82, 2.24) is 4.90 Å². The maximum Gasteiger partial charge on any atom is 0.131 e. The van der Waals surface area contributed by atoms with Crippen molar-refractivity contribution in [3.05, 3.63) is 82.4 Å². The normalized spacial score (nSPS) is 14.2. The van der Waals surface area contributed by atoms with Crippen molar-refractivity contribution in [3.8, 4) is 0 Å². The van der Waals surface area contributed by atoms with E-state index in [4.69, 9.17) is 11.6 Å². The van der Waals surface area contributed by atoms with E-state index in [1.165, 1.54) is 27.5 Å². The molecular weight excluding hydrogens is 328 g/mol. The zero-order chi connectivity index (χ0) is 17.2. The minimum absolute atomic E-state index is 0.834. The summed E-state index contributed by atoms with van der Waals surface area (Å²) in [7, 11) is 2.10. The second kappa shape index (κ2) is 6.89. The van der Waals surface area contributed by atoms with E-state index in [0.717, 1.165) is 36.8 Å². The van der Waals surface area contributed by atoms with Crippen molar-refractivity contribution >= 4 is 28.2 Å². The van der Waals surface area contributed by atoms with Crippen LogP contribution in [0.15, 0.2) is 65.7 Å². The van der Waals surface area contributed by atoms with Gasteiger partial charge in [0.1, 0.15) is 5.84 Å². The van der Waals surface area contributed by atoms with Crippen LogP contribution < -0.4 is 0 Å². The molecule has 0 radical (unpaired) electrons. The van der Waals surface area contributed by atoms with Gasteiger partial charge in [0.2, 0.25) is 0 Å². The van der Waals surface area contributed by atoms with Crippen molar-refractivity contribution in [1.29, 1.82) is 0 Å². The lowest BCUT2D eigenvalue weighted by Crippen LogP contribution is -2.24. The lowest BCUT2D eigenvalue weighted by Gasteiger charge is -2.18. The summed E-state index contributed by atoms with van der Waals surface area (Å²) in [5.74, 6) is 1.07. The lowest BCUT2D eigenvalue weighted by atomic mass is 9.96. The van der Waals surface area contributed by atoms with Crippen LogP contribution in [0.3, 0.4) is 0 Å². The molecule has 25 heavy (non-hydrogen) atoms. The summed E-state index contributed by atoms with van der Waals surface area (Å²) in [6.07, 6.45) is 1.88. The molecule has 0 fully saturated rings. The first kappa shape index (κ1) is 16.2. The molecule has 0 bridgehead atoms. The number of rotatable bonds is 4. The van der Waals surface area contributed by atoms with Crippen LogP contribution in [0.5, 0.6) is 0 Å². The van der Waals surface area contributed by atoms with Gasteiger partial charge in [0.25, 0.3) is 0 Å². The zero-order valence-corrected chi connectivity index (χ0v) is 15.1. The van der Waals surface area contributed by atoms with Crippen LogP contribution in [0.2, 0.25) is 5.02 Å². The fourth-order valence-corrected chi connectivity index (χ4v) is 3.88. The van der Waals surface area contributed by atoms with Crippen molar-refractivity contribution in [2.45, 2.75) is 12.8 Å². The molecule has 1 aliphatic heterocycles. The highest BCUT2D eigenvalue weighted by atomic mass is 35.5. The minimum atomic E-state index is 0.834. The molecule has 0 saturated heterocycles. The lowest BCUT2D eigenvalue weighted by molar-refractivity contribution is 0.556. The van der Waals surface area contributed by atoms with Crippen LogP contribution in [0.25, 0.3) is 10.8 Å². The van der Waals surface area contributed by atoms with Gasteiger partial charge >= 0.3 is 0 Å². The Morgan fingerprint density at radius 3 is 2.60 bits per heavy atom. The number of nitrogens with zero attached hydrogens (tertiary/aromatic N) is 2. The highest BCUT2D eigenvalue weighted by Gasteiger charge is 2.19. The van der Waals surface area contributed by atoms with Crippen LogP contribution in [0.4, 0.5) is 0 Å². The molecule has 1 heterocycles. The summed E-state index contributed by atoms with van der Waals surface area (Å²) in [6.45, 7) is 1.84. The molecule has 0 N–H and O–H groups in total. The fourth-order valence-electron chi connectivity index (χ4n) is 3.62. The van der Waals surface area contributed by atoms with E-state index < -0.39 is 0 Å². The average molecular weight is 349 g/mol. The molecule has 0 amide bonds. The summed E-state index contributed by atoms with van der Waals surface area (Å²) in [6, 6.07) is 21.2. The second-order valence-electron chi connectivity index (χ2n) is 6.53. The molecule has 1 aliphatic rings. The van der Waals surface area contributed by atoms with Gasteiger partial charge < -0.3 is 4.90 Å². The number of hydrogen-bond acceptors (Lipinski definition) is 2. The summed E-state index contributed by atoms with van der Waals surface area (Å²) >= 11 is 6.57. The maximum absolute atomic E-state index is 6.57. The summed E-state index contributed by atoms with van der Waals surface area (Å²) in [5.41, 5.74) is 3.74. The predicted molar refractivity (Wildman–Crippen MR) is 107 cm³/mol. The van der Waals surface area contributed by atoms with Crippen LogP contribution >= 0.6 is 11.6 Å². The standard InChI is InChI=1S/C22H21ClN2/c1-25-15-14-24-22(25)20-10-5-11-21(23)19(20)13-12-17-8-4-7-16-6-2-3-9-18(16)17/h2-11H,12-15H2,1H3. The van der Waals surface area contributed by atoms with E-state index in [0.29, 0.717) is 0 Å². The summed E-state index contributed by atoms with van der Waals surface area (Å²) in [4.78, 5) is 6.89. The number of hydrogen-bond donors (Lipinski definition) is 0. The molecule has 0 spiro atoms. The van der Waals surface area contributed by atoms with Crippen LogP contribution in [-0.2, 0) is 12.8 Å². The van der Waals surface area contributed by atoms with Gasteiger partial charge in [-0.1, -0.05) is 66.2 Å². The van der Waals surface area contributed by atoms with E-state index >= 15 is 0 Å². The molecule has 0 aliphatic carbocycles. The Labute approximate surface area is 153 Å². The Balaban J connectivity index is 1.67. The molecule has 0 aromatic heterocycles. The molecule has 2 nitrogen and oxygen atoms in total. The molecule has 0 unspecified atom stereocenters. The number of fused-ring (bicyclic) bond motifs is 1. The van der Waals surface area contributed by atoms with E-state index in [2.05, 4.69) is 65.5 Å². The first-order valence-electron chi connectivity index (χ1n) is 8.74. The molecular formula is C22H21ClN2. The van der Waals surface area contributed by atoms with Gasteiger partial charge in [-0.25, -0.2) is 0 Å². The van der Waals surface area contributed by atoms with E-state index in [1.54, 1.807) is 0 Å². The number of aliphatic imine (C=N–C) groups is 1. The largest absolute Gasteiger partial charge is 0.358 e. The minimum Gasteiger partial charge on any atom is -0.358 e. The third-order valence-electron chi connectivity index (χ3n) is 4.94. The van der Waals surface area contributed by atoms with Crippen molar-refractivity contribution < 1.29 is 0 Å². The van der Waals surface area contributed by atoms with Gasteiger partial charge in [-0.15, -0.1) is 0 Å². The monoisotopic (exact) mass is 348 g/mol. The van der Waals surface area contributed by atoms with Gasteiger partial charge in [0, 0.05) is 24.2 Å². The number of aryl methyl sites for hydroxylation is 1. The Kier molecular flexibility index (Phi) is 4.46. The number of benzene rings is 3. The Bertz CT molecular complexity index is 940. The van der Waals surface area contributed by atoms with Gasteiger partial charge in [-0.2, -0.15) is 0 Å². The van der Waals surface area contributed by atoms with E-state index in [1.807, 2.05) is 12.1 Å². The van der Waals surface area contributed by atoms with Gasteiger partial charge in [0.15, 0.2) is 0 Å². The van der Waals surface area contributed by atoms with Crippen molar-refractivity contribution in [3.63, 3.8) is 0 Å². The van der Waals surface area contributed by atoms with E-state index in [9.17, 15) is 0 Å². The quantitative estimate of drug-likeness (QED) is 0.650. The van der Waals surface area contributed by atoms with E-state index in [-0.39, 0.29) is 0 Å². The first-order valence-corrected chi connectivity index (χ1v) is 9.12. The van der Waals surface area contributed by atoms with Gasteiger partial charge in [0.05, 0.1) is 6.54 Å². The third-order valence-corrected chi connectivity index (χ3v) is 5.30. The molecule has 3 aromatic rings. The molecule has 3 heteroatoms. The maximum atomic E-state index is 6.57. The predicted octanol–water partition coefficient (Wildman–Crippen LogP) is 4.97. The molecule has 0 atom stereocenters. The second-order valence-corrected chi connectivity index (χ2v) is 6.94. The number of likely N-dealkylation sites (N-methyl/N-ethyl adjacent to an activating group) is 1. The number of halogens is 1. The van der Waals surface area contributed by atoms with Gasteiger partial charge in [-0.3, -0.25) is 4.99 Å². The van der Waals surface area contributed by atoms with Crippen LogP contribution in [0, 0.1) is 0 Å². The Morgan fingerprint density at radius 2 is 1.76 bits per heavy atom. The highest BCUT2D eigenvalue weighted by Crippen LogP contribution is 2.26. The topological polar surface area (TPSA) is 15.6 Å². The van der Waals surface area contributed by atoms with Gasteiger partial charge in [-0.05, 0) is 40.8 Å². The third kappa shape index (κ3) is 3.14. The fraction of sp³-hybridized carbons (Fsp3) is 0.227. The summed E-state index contributed by atoms with van der Waals surface area (Å²) in [5, 5.41) is 3.45. The average Bonchev–Trinajstić information content (AvgIpc) is 3.06. The Hall–Kier alpha value is -2.32. The summed E-state index contributed by atoms with van der Waals surface area (Å²) < 4.78 is 0. The SMILES string of the molecule is CN1CCN=C1c1cccc(Cl)c1CCc1cccc2ccccc12. The molecule has 4 rings (SSSR count). The number of amidine groups is 1. The Morgan fingerprint density at radius 1 is 0.960 bits per heavy atom. The molecule has 3 aromatic carbocycles. The molecule has 126 valence electrons. The molecule has 0 saturated carbocycles. The smallest absolute Gasteiger partial charge is 0.131 e. The van der Waals surface area contributed by atoms with Crippen molar-refractivity contribution in [2.24, 2.45) is 4.99 Å². The van der Waals surface area contributed by atoms with Crippen LogP contribution in [0.1, 0.15) is 16.7 Å².